The fourth-order valence-corrected chi connectivity index (χ4v) is 3.88. The molecular formula is C25H23FN4O2. The van der Waals surface area contributed by atoms with E-state index in [9.17, 15) is 9.18 Å². The minimum Gasteiger partial charge on any atom is -0.436 e. The van der Waals surface area contributed by atoms with Gasteiger partial charge < -0.3 is 15.1 Å². The zero-order valence-corrected chi connectivity index (χ0v) is 17.5. The molecule has 7 heteroatoms. The Morgan fingerprint density at radius 3 is 2.66 bits per heavy atom. The van der Waals surface area contributed by atoms with Gasteiger partial charge >= 0.3 is 0 Å². The van der Waals surface area contributed by atoms with Crippen LogP contribution in [-0.2, 0) is 6.54 Å². The molecule has 1 aromatic heterocycles. The maximum Gasteiger partial charge on any atom is 0.255 e. The minimum atomic E-state index is -0.384. The molecule has 0 radical (unpaired) electrons. The average molecular weight is 430 g/mol. The topological polar surface area (TPSA) is 70.4 Å². The number of anilines is 1. The Balaban J connectivity index is 1.40. The summed E-state index contributed by atoms with van der Waals surface area (Å²) in [6.07, 6.45) is 0. The Kier molecular flexibility index (Phi) is 5.66. The molecule has 162 valence electrons. The zero-order chi connectivity index (χ0) is 21.9. The van der Waals surface area contributed by atoms with Crippen molar-refractivity contribution in [2.45, 2.75) is 6.54 Å². The first-order valence-electron chi connectivity index (χ1n) is 10.6. The van der Waals surface area contributed by atoms with E-state index in [0.29, 0.717) is 28.3 Å². The van der Waals surface area contributed by atoms with E-state index in [4.69, 9.17) is 4.42 Å². The van der Waals surface area contributed by atoms with Crippen LogP contribution in [0.3, 0.4) is 0 Å². The van der Waals surface area contributed by atoms with Crippen molar-refractivity contribution in [3.8, 4) is 11.5 Å². The number of oxazole rings is 1. The number of amides is 1. The molecule has 6 nitrogen and oxygen atoms in total. The van der Waals surface area contributed by atoms with E-state index < -0.39 is 0 Å². The summed E-state index contributed by atoms with van der Waals surface area (Å²) < 4.78 is 19.3. The van der Waals surface area contributed by atoms with Gasteiger partial charge in [0.2, 0.25) is 5.89 Å². The number of benzene rings is 3. The standard InChI is InChI=1S/C25H23FN4O2/c26-19-8-6-18(7-9-19)24(31)28-21-4-2-1-3-20(21)25-29-22-10-5-17(15-23(22)32-25)16-30-13-11-27-12-14-30/h1-10,15,27H,11-14,16H2,(H,28,31). The van der Waals surface area contributed by atoms with Crippen LogP contribution in [0.1, 0.15) is 15.9 Å². The molecule has 0 saturated carbocycles. The number of piperazine rings is 1. The molecule has 0 spiro atoms. The molecule has 1 aliphatic rings. The van der Waals surface area contributed by atoms with Crippen molar-refractivity contribution in [1.29, 1.82) is 0 Å². The quantitative estimate of drug-likeness (QED) is 0.494. The number of fused-ring (bicyclic) bond motifs is 1. The van der Waals surface area contributed by atoms with Gasteiger partial charge in [0.25, 0.3) is 5.91 Å². The third-order valence-corrected chi connectivity index (χ3v) is 5.58. The zero-order valence-electron chi connectivity index (χ0n) is 17.5. The maximum absolute atomic E-state index is 13.2. The summed E-state index contributed by atoms with van der Waals surface area (Å²) in [5, 5.41) is 6.25. The van der Waals surface area contributed by atoms with Crippen molar-refractivity contribution in [2.24, 2.45) is 0 Å². The lowest BCUT2D eigenvalue weighted by Gasteiger charge is -2.27. The normalized spacial score (nSPS) is 14.5. The number of halogens is 1. The Morgan fingerprint density at radius 1 is 1.06 bits per heavy atom. The monoisotopic (exact) mass is 430 g/mol. The van der Waals surface area contributed by atoms with Gasteiger partial charge in [-0.2, -0.15) is 0 Å². The first-order valence-corrected chi connectivity index (χ1v) is 10.6. The van der Waals surface area contributed by atoms with Crippen LogP contribution in [0.4, 0.5) is 10.1 Å². The van der Waals surface area contributed by atoms with Gasteiger partial charge in [0.05, 0.1) is 11.3 Å². The summed E-state index contributed by atoms with van der Waals surface area (Å²) in [6, 6.07) is 18.9. The van der Waals surface area contributed by atoms with E-state index in [1.54, 1.807) is 6.07 Å². The van der Waals surface area contributed by atoms with Gasteiger partial charge in [-0.05, 0) is 54.1 Å². The lowest BCUT2D eigenvalue weighted by atomic mass is 10.1. The first kappa shape index (κ1) is 20.4. The second kappa shape index (κ2) is 8.90. The molecule has 1 saturated heterocycles. The van der Waals surface area contributed by atoms with E-state index in [1.807, 2.05) is 30.3 Å². The number of para-hydroxylation sites is 1. The molecule has 1 fully saturated rings. The number of nitrogens with zero attached hydrogens (tertiary/aromatic N) is 2. The van der Waals surface area contributed by atoms with Gasteiger partial charge in [0.15, 0.2) is 5.58 Å². The van der Waals surface area contributed by atoms with Crippen LogP contribution in [0.5, 0.6) is 0 Å². The molecule has 0 aliphatic carbocycles. The van der Waals surface area contributed by atoms with Crippen molar-refractivity contribution in [2.75, 3.05) is 31.5 Å². The number of nitrogens with one attached hydrogen (secondary N) is 2. The highest BCUT2D eigenvalue weighted by atomic mass is 19.1. The van der Waals surface area contributed by atoms with Gasteiger partial charge in [0.1, 0.15) is 11.3 Å². The van der Waals surface area contributed by atoms with Crippen LogP contribution >= 0.6 is 0 Å². The number of hydrogen-bond donors (Lipinski definition) is 2. The third kappa shape index (κ3) is 4.39. The number of hydrogen-bond acceptors (Lipinski definition) is 5. The number of carbonyl (C=O) groups is 1. The molecule has 0 bridgehead atoms. The van der Waals surface area contributed by atoms with Crippen LogP contribution < -0.4 is 10.6 Å². The van der Waals surface area contributed by atoms with Crippen LogP contribution in [0.25, 0.3) is 22.6 Å². The molecule has 4 aromatic rings. The highest BCUT2D eigenvalue weighted by Crippen LogP contribution is 2.31. The molecule has 32 heavy (non-hydrogen) atoms. The van der Waals surface area contributed by atoms with Gasteiger partial charge in [0, 0.05) is 38.3 Å². The average Bonchev–Trinajstić information content (AvgIpc) is 3.24. The van der Waals surface area contributed by atoms with E-state index in [0.717, 1.165) is 38.2 Å². The van der Waals surface area contributed by atoms with Crippen molar-refractivity contribution < 1.29 is 13.6 Å². The van der Waals surface area contributed by atoms with E-state index >= 15 is 0 Å². The molecule has 1 amide bonds. The summed E-state index contributed by atoms with van der Waals surface area (Å²) >= 11 is 0. The van der Waals surface area contributed by atoms with Crippen molar-refractivity contribution in [3.63, 3.8) is 0 Å². The lowest BCUT2D eigenvalue weighted by molar-refractivity contribution is 0.102. The van der Waals surface area contributed by atoms with Crippen molar-refractivity contribution >= 4 is 22.7 Å². The Hall–Kier alpha value is -3.55. The summed E-state index contributed by atoms with van der Waals surface area (Å²) in [5.74, 6) is -0.272. The molecule has 2 N–H and O–H groups in total. The van der Waals surface area contributed by atoms with Crippen LogP contribution in [0.2, 0.25) is 0 Å². The predicted molar refractivity (Wildman–Crippen MR) is 122 cm³/mol. The fraction of sp³-hybridized carbons (Fsp3) is 0.200. The largest absolute Gasteiger partial charge is 0.436 e. The lowest BCUT2D eigenvalue weighted by Crippen LogP contribution is -2.42. The summed E-state index contributed by atoms with van der Waals surface area (Å²) in [7, 11) is 0. The molecule has 3 aromatic carbocycles. The molecule has 1 aliphatic heterocycles. The number of rotatable bonds is 5. The molecular weight excluding hydrogens is 407 g/mol. The van der Waals surface area contributed by atoms with Crippen LogP contribution in [-0.4, -0.2) is 42.0 Å². The Labute approximate surface area is 185 Å². The maximum atomic E-state index is 13.2. The molecule has 5 rings (SSSR count). The Bertz CT molecular complexity index is 1250. The third-order valence-electron chi connectivity index (χ3n) is 5.58. The summed E-state index contributed by atoms with van der Waals surface area (Å²) in [6.45, 7) is 4.95. The molecule has 0 atom stereocenters. The first-order chi connectivity index (χ1) is 15.7. The fourth-order valence-electron chi connectivity index (χ4n) is 3.88. The van der Waals surface area contributed by atoms with E-state index in [1.165, 1.54) is 29.8 Å². The minimum absolute atomic E-state index is 0.327. The summed E-state index contributed by atoms with van der Waals surface area (Å²) in [5.41, 5.74) is 4.30. The number of carbonyl (C=O) groups excluding carboxylic acids is 1. The smallest absolute Gasteiger partial charge is 0.255 e. The highest BCUT2D eigenvalue weighted by Gasteiger charge is 2.16. The number of aromatic nitrogens is 1. The van der Waals surface area contributed by atoms with Gasteiger partial charge in [-0.25, -0.2) is 9.37 Å². The van der Waals surface area contributed by atoms with Gasteiger partial charge in [-0.15, -0.1) is 0 Å². The molecule has 0 unspecified atom stereocenters. The summed E-state index contributed by atoms with van der Waals surface area (Å²) in [4.78, 5) is 19.7. The second-order valence-corrected chi connectivity index (χ2v) is 7.85. The Morgan fingerprint density at radius 2 is 1.84 bits per heavy atom. The van der Waals surface area contributed by atoms with Gasteiger partial charge in [-0.1, -0.05) is 18.2 Å². The van der Waals surface area contributed by atoms with Crippen LogP contribution in [0.15, 0.2) is 71.1 Å². The van der Waals surface area contributed by atoms with Crippen molar-refractivity contribution in [3.05, 3.63) is 83.7 Å². The van der Waals surface area contributed by atoms with Gasteiger partial charge in [-0.3, -0.25) is 9.69 Å². The molecule has 2 heterocycles. The highest BCUT2D eigenvalue weighted by molar-refractivity contribution is 6.06. The SMILES string of the molecule is O=C(Nc1ccccc1-c1nc2ccc(CN3CCNCC3)cc2o1)c1ccc(F)cc1. The second-order valence-electron chi connectivity index (χ2n) is 7.85. The predicted octanol–water partition coefficient (Wildman–Crippen LogP) is 4.29. The van der Waals surface area contributed by atoms with Crippen LogP contribution in [0, 0.1) is 5.82 Å². The van der Waals surface area contributed by atoms with E-state index in [2.05, 4.69) is 26.6 Å². The van der Waals surface area contributed by atoms with E-state index in [-0.39, 0.29) is 11.7 Å². The van der Waals surface area contributed by atoms with Crippen molar-refractivity contribution in [1.82, 2.24) is 15.2 Å².